The van der Waals surface area contributed by atoms with Crippen LogP contribution in [0.1, 0.15) is 30.8 Å². The number of ether oxygens (including phenoxy) is 1. The Morgan fingerprint density at radius 3 is 2.50 bits per heavy atom. The van der Waals surface area contributed by atoms with Gasteiger partial charge >= 0.3 is 0 Å². The third-order valence-electron chi connectivity index (χ3n) is 3.65. The number of hydrogen-bond donors (Lipinski definition) is 2. The first-order chi connectivity index (χ1) is 10.6. The van der Waals surface area contributed by atoms with E-state index in [0.717, 1.165) is 39.9 Å². The lowest BCUT2D eigenvalue weighted by atomic mass is 9.94. The molecule has 1 heterocycles. The van der Waals surface area contributed by atoms with Crippen LogP contribution in [0.2, 0.25) is 0 Å². The van der Waals surface area contributed by atoms with Crippen molar-refractivity contribution in [2.45, 2.75) is 33.6 Å². The van der Waals surface area contributed by atoms with E-state index in [1.54, 1.807) is 7.11 Å². The first-order valence-corrected chi connectivity index (χ1v) is 8.06. The molecule has 0 aliphatic carbocycles. The number of anilines is 1. The molecule has 2 rings (SSSR count). The van der Waals surface area contributed by atoms with Crippen molar-refractivity contribution >= 4 is 21.7 Å². The third kappa shape index (κ3) is 2.94. The number of hydrogen-bond acceptors (Lipinski definition) is 5. The summed E-state index contributed by atoms with van der Waals surface area (Å²) >= 11 is 3.58. The molecule has 22 heavy (non-hydrogen) atoms. The van der Waals surface area contributed by atoms with Crippen molar-refractivity contribution < 1.29 is 4.74 Å². The highest BCUT2D eigenvalue weighted by Gasteiger charge is 2.20. The molecule has 6 heteroatoms. The van der Waals surface area contributed by atoms with Gasteiger partial charge in [-0.15, -0.1) is 0 Å². The number of nitrogens with one attached hydrogen (secondary N) is 1. The van der Waals surface area contributed by atoms with Crippen LogP contribution in [0.3, 0.4) is 0 Å². The minimum absolute atomic E-state index is 0.578. The molecule has 0 radical (unpaired) electrons. The quantitative estimate of drug-likeness (QED) is 0.625. The molecular formula is C16H21BrN4O. The zero-order valence-corrected chi connectivity index (χ0v) is 14.9. The van der Waals surface area contributed by atoms with E-state index in [4.69, 9.17) is 10.6 Å². The van der Waals surface area contributed by atoms with Crippen LogP contribution < -0.4 is 16.0 Å². The highest BCUT2D eigenvalue weighted by molar-refractivity contribution is 9.10. The maximum atomic E-state index is 5.57. The fourth-order valence-electron chi connectivity index (χ4n) is 2.63. The predicted octanol–water partition coefficient (Wildman–Crippen LogP) is 3.63. The fraction of sp³-hybridized carbons (Fsp3) is 0.375. The average molecular weight is 365 g/mol. The number of nitrogen functional groups attached to an aromatic ring is 1. The van der Waals surface area contributed by atoms with Crippen LogP contribution in [0.25, 0.3) is 11.3 Å². The van der Waals surface area contributed by atoms with Crippen molar-refractivity contribution in [1.29, 1.82) is 0 Å². The SMILES string of the molecule is CCc1ccc(OC)c(CC)c1-c1nc(C)nc(NN)c1Br. The molecule has 1 aromatic heterocycles. The van der Waals surface area contributed by atoms with Gasteiger partial charge in [0.05, 0.1) is 17.3 Å². The van der Waals surface area contributed by atoms with Gasteiger partial charge in [0.1, 0.15) is 11.6 Å². The average Bonchev–Trinajstić information content (AvgIpc) is 2.54. The summed E-state index contributed by atoms with van der Waals surface area (Å²) in [5, 5.41) is 0. The monoisotopic (exact) mass is 364 g/mol. The summed E-state index contributed by atoms with van der Waals surface area (Å²) in [6.07, 6.45) is 1.76. The molecule has 3 N–H and O–H groups in total. The number of benzene rings is 1. The van der Waals surface area contributed by atoms with Crippen molar-refractivity contribution in [2.75, 3.05) is 12.5 Å². The van der Waals surface area contributed by atoms with Crippen molar-refractivity contribution in [3.8, 4) is 17.0 Å². The lowest BCUT2D eigenvalue weighted by Crippen LogP contribution is -2.12. The van der Waals surface area contributed by atoms with Gasteiger partial charge in [0.15, 0.2) is 5.82 Å². The van der Waals surface area contributed by atoms with Gasteiger partial charge in [-0.05, 0) is 47.3 Å². The number of aryl methyl sites for hydroxylation is 2. The number of nitrogens with zero attached hydrogens (tertiary/aromatic N) is 2. The van der Waals surface area contributed by atoms with Crippen molar-refractivity contribution in [2.24, 2.45) is 5.84 Å². The molecule has 0 saturated heterocycles. The second-order valence-electron chi connectivity index (χ2n) is 4.91. The Balaban J connectivity index is 2.84. The van der Waals surface area contributed by atoms with Gasteiger partial charge in [0.25, 0.3) is 0 Å². The van der Waals surface area contributed by atoms with E-state index < -0.39 is 0 Å². The summed E-state index contributed by atoms with van der Waals surface area (Å²) in [5.74, 6) is 7.69. The number of halogens is 1. The molecule has 0 amide bonds. The number of methoxy groups -OCH3 is 1. The van der Waals surface area contributed by atoms with E-state index in [-0.39, 0.29) is 0 Å². The molecule has 118 valence electrons. The standard InChI is InChI=1S/C16H21BrN4O/c1-5-10-7-8-12(22-4)11(6-2)13(10)15-14(17)16(21-18)20-9(3)19-15/h7-8H,5-6,18H2,1-4H3,(H,19,20,21). The molecule has 0 aliphatic heterocycles. The van der Waals surface area contributed by atoms with Gasteiger partial charge in [-0.25, -0.2) is 15.8 Å². The summed E-state index contributed by atoms with van der Waals surface area (Å²) in [5.41, 5.74) is 6.92. The summed E-state index contributed by atoms with van der Waals surface area (Å²) < 4.78 is 6.29. The molecule has 0 aliphatic rings. The molecular weight excluding hydrogens is 344 g/mol. The molecule has 1 aromatic carbocycles. The Morgan fingerprint density at radius 1 is 1.23 bits per heavy atom. The Kier molecular flexibility index (Phi) is 5.37. The van der Waals surface area contributed by atoms with Crippen LogP contribution >= 0.6 is 15.9 Å². The fourth-order valence-corrected chi connectivity index (χ4v) is 3.12. The second kappa shape index (κ2) is 7.07. The van der Waals surface area contributed by atoms with Crippen LogP contribution in [0.4, 0.5) is 5.82 Å². The van der Waals surface area contributed by atoms with Crippen molar-refractivity contribution in [1.82, 2.24) is 9.97 Å². The van der Waals surface area contributed by atoms with Gasteiger partial charge in [-0.2, -0.15) is 0 Å². The molecule has 0 atom stereocenters. The Morgan fingerprint density at radius 2 is 1.95 bits per heavy atom. The van der Waals surface area contributed by atoms with E-state index in [1.165, 1.54) is 5.56 Å². The predicted molar refractivity (Wildman–Crippen MR) is 93.0 cm³/mol. The lowest BCUT2D eigenvalue weighted by Gasteiger charge is -2.18. The maximum Gasteiger partial charge on any atom is 0.158 e. The molecule has 5 nitrogen and oxygen atoms in total. The number of rotatable bonds is 5. The van der Waals surface area contributed by atoms with Crippen molar-refractivity contribution in [3.63, 3.8) is 0 Å². The van der Waals surface area contributed by atoms with Crippen molar-refractivity contribution in [3.05, 3.63) is 33.6 Å². The van der Waals surface area contributed by atoms with Gasteiger partial charge in [-0.3, -0.25) is 0 Å². The first kappa shape index (κ1) is 16.7. The van der Waals surface area contributed by atoms with Crippen LogP contribution in [0, 0.1) is 6.92 Å². The molecule has 2 aromatic rings. The smallest absolute Gasteiger partial charge is 0.158 e. The molecule has 0 saturated carbocycles. The Hall–Kier alpha value is -1.66. The van der Waals surface area contributed by atoms with E-state index in [1.807, 2.05) is 13.0 Å². The van der Waals surface area contributed by atoms with Gasteiger partial charge < -0.3 is 10.2 Å². The minimum atomic E-state index is 0.578. The topological polar surface area (TPSA) is 73.1 Å². The summed E-state index contributed by atoms with van der Waals surface area (Å²) in [6, 6.07) is 4.11. The molecule has 0 unspecified atom stereocenters. The van der Waals surface area contributed by atoms with E-state index in [2.05, 4.69) is 51.2 Å². The van der Waals surface area contributed by atoms with Crippen LogP contribution in [0.5, 0.6) is 5.75 Å². The highest BCUT2D eigenvalue weighted by atomic mass is 79.9. The van der Waals surface area contributed by atoms with Gasteiger partial charge in [0.2, 0.25) is 0 Å². The normalized spacial score (nSPS) is 10.6. The minimum Gasteiger partial charge on any atom is -0.496 e. The number of nitrogens with two attached hydrogens (primary N) is 1. The second-order valence-corrected chi connectivity index (χ2v) is 5.71. The summed E-state index contributed by atoms with van der Waals surface area (Å²) in [7, 11) is 1.69. The van der Waals surface area contributed by atoms with Gasteiger partial charge in [0, 0.05) is 11.1 Å². The lowest BCUT2D eigenvalue weighted by molar-refractivity contribution is 0.410. The summed E-state index contributed by atoms with van der Waals surface area (Å²) in [4.78, 5) is 8.94. The van der Waals surface area contributed by atoms with E-state index >= 15 is 0 Å². The Labute approximate surface area is 139 Å². The highest BCUT2D eigenvalue weighted by Crippen LogP contribution is 2.39. The van der Waals surface area contributed by atoms with E-state index in [0.29, 0.717) is 11.6 Å². The zero-order chi connectivity index (χ0) is 16.3. The van der Waals surface area contributed by atoms with Crippen LogP contribution in [0.15, 0.2) is 16.6 Å². The third-order valence-corrected chi connectivity index (χ3v) is 4.40. The molecule has 0 fully saturated rings. The van der Waals surface area contributed by atoms with Gasteiger partial charge in [-0.1, -0.05) is 19.9 Å². The van der Waals surface area contributed by atoms with Crippen LogP contribution in [-0.4, -0.2) is 17.1 Å². The zero-order valence-electron chi connectivity index (χ0n) is 13.3. The molecule has 0 bridgehead atoms. The number of hydrazine groups is 1. The largest absolute Gasteiger partial charge is 0.496 e. The maximum absolute atomic E-state index is 5.57. The van der Waals surface area contributed by atoms with E-state index in [9.17, 15) is 0 Å². The van der Waals surface area contributed by atoms with Crippen LogP contribution in [-0.2, 0) is 12.8 Å². The molecule has 0 spiro atoms. The number of aromatic nitrogens is 2. The Bertz CT molecular complexity index is 688. The summed E-state index contributed by atoms with van der Waals surface area (Å²) in [6.45, 7) is 6.10. The first-order valence-electron chi connectivity index (χ1n) is 7.27.